The van der Waals surface area contributed by atoms with Crippen molar-refractivity contribution in [3.8, 4) is 23.0 Å². The molecule has 0 radical (unpaired) electrons. The van der Waals surface area contributed by atoms with E-state index in [0.29, 0.717) is 5.56 Å². The van der Waals surface area contributed by atoms with Crippen LogP contribution in [0.5, 0.6) is 23.0 Å². The standard InChI is InChI=1S/C45H48O23/c1-17-29(47)34(52)38(56)44(62-17)68-41-36(54)33(51)26(66-45(41)64-22-10-6-8-20-39(22)67-42(57)28-30(48)19-7-4-5-9-21(19)63-40(20)28)16-61-43-37(55)35(53)32(50)25(65-43)15-60-27(46)12-11-18-13-23(58-2)31(49)24(14-18)59-3/h4-14,17,25-26,29,32-38,41,43-45,47,49-56H,15-16H2,1-3H3/b12-11+/t17-,25+,26+,29-,32+,33+,34+,35-,36-,37+,38+,41+,43+,44-,45+/m0/s1. The maximum absolute atomic E-state index is 13.4. The molecule has 9 N–H and O–H groups in total. The van der Waals surface area contributed by atoms with Crippen LogP contribution in [0.4, 0.5) is 0 Å². The van der Waals surface area contributed by atoms with Crippen molar-refractivity contribution in [3.05, 3.63) is 86.9 Å². The number of hydrogen-bond donors (Lipinski definition) is 9. The highest BCUT2D eigenvalue weighted by Crippen LogP contribution is 2.38. The molecule has 68 heavy (non-hydrogen) atoms. The van der Waals surface area contributed by atoms with Gasteiger partial charge in [0, 0.05) is 6.08 Å². The lowest BCUT2D eigenvalue weighted by Gasteiger charge is -2.46. The Labute approximate surface area is 382 Å². The van der Waals surface area contributed by atoms with Gasteiger partial charge in [0.25, 0.3) is 0 Å². The van der Waals surface area contributed by atoms with Gasteiger partial charge in [-0.25, -0.2) is 9.59 Å². The number of rotatable bonds is 13. The topological polar surface area (TPSA) is 343 Å². The predicted molar refractivity (Wildman–Crippen MR) is 228 cm³/mol. The maximum Gasteiger partial charge on any atom is 0.351 e. The van der Waals surface area contributed by atoms with E-state index in [2.05, 4.69) is 0 Å². The zero-order valence-corrected chi connectivity index (χ0v) is 36.2. The summed E-state index contributed by atoms with van der Waals surface area (Å²) in [6, 6.07) is 13.4. The third-order valence-corrected chi connectivity index (χ3v) is 11.8. The summed E-state index contributed by atoms with van der Waals surface area (Å²) in [6.45, 7) is -0.0349. The van der Waals surface area contributed by atoms with E-state index in [9.17, 15) is 60.3 Å². The Morgan fingerprint density at radius 2 is 1.29 bits per heavy atom. The van der Waals surface area contributed by atoms with Crippen molar-refractivity contribution >= 4 is 45.0 Å². The number of phenols is 1. The zero-order valence-electron chi connectivity index (χ0n) is 36.2. The minimum Gasteiger partial charge on any atom is -0.502 e. The highest BCUT2D eigenvalue weighted by atomic mass is 16.8. The molecular weight excluding hydrogens is 908 g/mol. The summed E-state index contributed by atoms with van der Waals surface area (Å²) in [7, 11) is 2.64. The molecule has 23 heteroatoms. The molecule has 3 aliphatic heterocycles. The maximum atomic E-state index is 13.4. The average molecular weight is 957 g/mol. The number of aromatic hydroxyl groups is 1. The van der Waals surface area contributed by atoms with Crippen LogP contribution >= 0.6 is 0 Å². The summed E-state index contributed by atoms with van der Waals surface area (Å²) >= 11 is 0. The third kappa shape index (κ3) is 9.36. The van der Waals surface area contributed by atoms with Crippen LogP contribution in [0.2, 0.25) is 0 Å². The molecule has 0 saturated carbocycles. The molecule has 366 valence electrons. The highest BCUT2D eigenvalue weighted by molar-refractivity contribution is 6.05. The third-order valence-electron chi connectivity index (χ3n) is 11.8. The Hall–Kier alpha value is -5.77. The fraction of sp³-hybridized carbons (Fsp3) is 0.444. The van der Waals surface area contributed by atoms with Crippen LogP contribution in [0.3, 0.4) is 0 Å². The van der Waals surface area contributed by atoms with Crippen molar-refractivity contribution in [1.29, 1.82) is 0 Å². The Morgan fingerprint density at radius 1 is 0.662 bits per heavy atom. The molecule has 3 saturated heterocycles. The summed E-state index contributed by atoms with van der Waals surface area (Å²) in [4.78, 5) is 39.5. The first-order chi connectivity index (χ1) is 32.5. The van der Waals surface area contributed by atoms with Gasteiger partial charge in [-0.1, -0.05) is 18.2 Å². The number of carbonyl (C=O) groups excluding carboxylic acids is 1. The van der Waals surface area contributed by atoms with Crippen molar-refractivity contribution in [2.45, 2.75) is 99.0 Å². The molecule has 0 spiro atoms. The number of aliphatic hydroxyl groups is 8. The van der Waals surface area contributed by atoms with Gasteiger partial charge < -0.3 is 97.4 Å². The number of carbonyl (C=O) groups is 1. The summed E-state index contributed by atoms with van der Waals surface area (Å²) in [5.74, 6) is -1.30. The number of benzene rings is 3. The second kappa shape index (κ2) is 20.1. The first-order valence-electron chi connectivity index (χ1n) is 21.1. The summed E-state index contributed by atoms with van der Waals surface area (Å²) in [5.41, 5.74) is -1.57. The van der Waals surface area contributed by atoms with Gasteiger partial charge in [0.15, 0.2) is 52.5 Å². The summed E-state index contributed by atoms with van der Waals surface area (Å²) in [6.07, 6.45) is -23.8. The molecule has 0 amide bonds. The molecule has 5 aromatic rings. The van der Waals surface area contributed by atoms with Gasteiger partial charge in [-0.3, -0.25) is 4.79 Å². The molecule has 15 atom stereocenters. The Morgan fingerprint density at radius 3 is 2.01 bits per heavy atom. The molecule has 0 unspecified atom stereocenters. The monoisotopic (exact) mass is 956 g/mol. The second-order valence-electron chi connectivity index (χ2n) is 16.2. The first-order valence-corrected chi connectivity index (χ1v) is 21.1. The van der Waals surface area contributed by atoms with Crippen LogP contribution in [-0.4, -0.2) is 171 Å². The highest BCUT2D eigenvalue weighted by Gasteiger charge is 2.52. The van der Waals surface area contributed by atoms with Crippen molar-refractivity contribution < 1.29 is 102 Å². The zero-order chi connectivity index (χ0) is 48.7. The van der Waals surface area contributed by atoms with Crippen LogP contribution in [0, 0.1) is 0 Å². The van der Waals surface area contributed by atoms with Gasteiger partial charge in [0.2, 0.25) is 17.5 Å². The number of esters is 1. The van der Waals surface area contributed by atoms with Crippen LogP contribution in [0.1, 0.15) is 12.5 Å². The number of aliphatic hydroxyl groups excluding tert-OH is 8. The van der Waals surface area contributed by atoms with Gasteiger partial charge in [0.1, 0.15) is 73.2 Å². The quantitative estimate of drug-likeness (QED) is 0.0222. The fourth-order valence-corrected chi connectivity index (χ4v) is 8.01. The number of hydrogen-bond acceptors (Lipinski definition) is 23. The molecule has 3 aliphatic rings. The Kier molecular flexibility index (Phi) is 14.4. The van der Waals surface area contributed by atoms with Crippen LogP contribution in [0.25, 0.3) is 39.0 Å². The predicted octanol–water partition coefficient (Wildman–Crippen LogP) is -1.11. The molecule has 3 aromatic carbocycles. The molecule has 2 aromatic heterocycles. The minimum atomic E-state index is -2.00. The minimum absolute atomic E-state index is 0.0668. The largest absolute Gasteiger partial charge is 0.502 e. The van der Waals surface area contributed by atoms with Gasteiger partial charge in [-0.2, -0.15) is 0 Å². The van der Waals surface area contributed by atoms with Crippen LogP contribution in [-0.2, 0) is 33.2 Å². The molecule has 0 bridgehead atoms. The average Bonchev–Trinajstić information content (AvgIpc) is 3.33. The van der Waals surface area contributed by atoms with Crippen molar-refractivity contribution in [2.75, 3.05) is 27.4 Å². The normalized spacial score (nSPS) is 32.1. The van der Waals surface area contributed by atoms with E-state index in [4.69, 9.17) is 51.5 Å². The molecule has 0 aliphatic carbocycles. The lowest BCUT2D eigenvalue weighted by atomic mass is 9.97. The number of phenolic OH excluding ortho intramolecular Hbond substituents is 1. The number of fused-ring (bicyclic) bond motifs is 4. The smallest absolute Gasteiger partial charge is 0.351 e. The Balaban J connectivity index is 1.02. The lowest BCUT2D eigenvalue weighted by molar-refractivity contribution is -0.360. The molecule has 8 rings (SSSR count). The number of methoxy groups -OCH3 is 2. The van der Waals surface area contributed by atoms with Crippen LogP contribution < -0.4 is 25.3 Å². The van der Waals surface area contributed by atoms with Crippen molar-refractivity contribution in [1.82, 2.24) is 0 Å². The summed E-state index contributed by atoms with van der Waals surface area (Å²) < 4.78 is 62.2. The molecule has 23 nitrogen and oxygen atoms in total. The number of para-hydroxylation sites is 2. The summed E-state index contributed by atoms with van der Waals surface area (Å²) in [5, 5.41) is 96.9. The van der Waals surface area contributed by atoms with E-state index < -0.39 is 122 Å². The van der Waals surface area contributed by atoms with E-state index in [1.807, 2.05) is 0 Å². The molecular formula is C45H48O23. The van der Waals surface area contributed by atoms with E-state index in [0.717, 1.165) is 6.08 Å². The lowest BCUT2D eigenvalue weighted by Crippen LogP contribution is -2.65. The van der Waals surface area contributed by atoms with Crippen LogP contribution in [0.15, 0.2) is 79.1 Å². The Bertz CT molecular complexity index is 2750. The van der Waals surface area contributed by atoms with E-state index >= 15 is 0 Å². The number of ether oxygens (including phenoxy) is 9. The fourth-order valence-electron chi connectivity index (χ4n) is 8.01. The molecule has 3 fully saturated rings. The van der Waals surface area contributed by atoms with Gasteiger partial charge in [0.05, 0.1) is 37.7 Å². The van der Waals surface area contributed by atoms with Gasteiger partial charge >= 0.3 is 11.6 Å². The van der Waals surface area contributed by atoms with Gasteiger partial charge in [-0.15, -0.1) is 0 Å². The van der Waals surface area contributed by atoms with Crippen molar-refractivity contribution in [2.24, 2.45) is 0 Å². The molecule has 5 heterocycles. The SMILES string of the molecule is COc1cc(/C=C/C(=O)OC[C@H]2O[C@@H](OC[C@H]3O[C@@H](Oc4cccc5c4oc(=O)c4c(=O)c6ccccc6oc45)[C@H](O[C@@H]4O[C@@H](C)[C@H](O)[C@@H](O)[C@H]4O)[C@@H](O)[C@@H]3O)[C@H](O)[C@@H](O)[C@@H]2O)cc(OC)c1O. The van der Waals surface area contributed by atoms with Gasteiger partial charge in [-0.05, 0) is 55.0 Å². The first kappa shape index (κ1) is 48.7. The van der Waals surface area contributed by atoms with E-state index in [1.54, 1.807) is 12.1 Å². The second-order valence-corrected chi connectivity index (χ2v) is 16.2. The van der Waals surface area contributed by atoms with E-state index in [1.165, 1.54) is 69.7 Å². The van der Waals surface area contributed by atoms with Crippen molar-refractivity contribution in [3.63, 3.8) is 0 Å². The van der Waals surface area contributed by atoms with E-state index in [-0.39, 0.29) is 55.9 Å².